The molecule has 2 nitrogen and oxygen atoms in total. The van der Waals surface area contributed by atoms with E-state index >= 15 is 0 Å². The van der Waals surface area contributed by atoms with Crippen LogP contribution in [0, 0.1) is 0 Å². The second-order valence-electron chi connectivity index (χ2n) is 8.25. The summed E-state index contributed by atoms with van der Waals surface area (Å²) < 4.78 is 6.24. The highest BCUT2D eigenvalue weighted by Crippen LogP contribution is 2.37. The van der Waals surface area contributed by atoms with Gasteiger partial charge in [-0.2, -0.15) is 0 Å². The van der Waals surface area contributed by atoms with Crippen molar-refractivity contribution in [1.82, 2.24) is 0 Å². The predicted octanol–water partition coefficient (Wildman–Crippen LogP) is 8.29. The summed E-state index contributed by atoms with van der Waals surface area (Å²) >= 11 is 0. The van der Waals surface area contributed by atoms with Crippen LogP contribution in [0.2, 0.25) is 0 Å². The summed E-state index contributed by atoms with van der Waals surface area (Å²) in [6.07, 6.45) is 7.68. The lowest BCUT2D eigenvalue weighted by Crippen LogP contribution is -2.04. The molecule has 0 aliphatic heterocycles. The number of hydrogen-bond donors (Lipinski definition) is 1. The first kappa shape index (κ1) is 18.7. The lowest BCUT2D eigenvalue weighted by Gasteiger charge is -2.18. The van der Waals surface area contributed by atoms with E-state index in [1.165, 1.54) is 27.5 Å². The molecule has 1 atom stereocenters. The highest BCUT2D eigenvalue weighted by atomic mass is 16.3. The lowest BCUT2D eigenvalue weighted by atomic mass is 9.90. The summed E-state index contributed by atoms with van der Waals surface area (Å²) in [7, 11) is 0. The van der Waals surface area contributed by atoms with Crippen molar-refractivity contribution in [2.24, 2.45) is 0 Å². The van der Waals surface area contributed by atoms with Gasteiger partial charge in [0.1, 0.15) is 11.2 Å². The van der Waals surface area contributed by atoms with E-state index in [0.717, 1.165) is 29.0 Å². The SMILES string of the molecule is C1=CC(c2cccc3c2oc2ccccc23)CC=C1Nc1ccc(-c2ccccc2)cc1. The van der Waals surface area contributed by atoms with Crippen molar-refractivity contribution in [2.75, 3.05) is 5.32 Å². The zero-order valence-electron chi connectivity index (χ0n) is 17.7. The number of nitrogens with one attached hydrogen (secondary N) is 1. The van der Waals surface area contributed by atoms with Gasteiger partial charge in [-0.3, -0.25) is 0 Å². The molecule has 154 valence electrons. The summed E-state index contributed by atoms with van der Waals surface area (Å²) in [5.41, 5.74) is 7.89. The van der Waals surface area contributed by atoms with Gasteiger partial charge in [-0.05, 0) is 41.8 Å². The van der Waals surface area contributed by atoms with Crippen LogP contribution in [0.4, 0.5) is 5.69 Å². The summed E-state index contributed by atoms with van der Waals surface area (Å²) in [5, 5.41) is 5.92. The van der Waals surface area contributed by atoms with E-state index in [9.17, 15) is 0 Å². The van der Waals surface area contributed by atoms with Gasteiger partial charge >= 0.3 is 0 Å². The first-order valence-electron chi connectivity index (χ1n) is 11.1. The molecule has 1 unspecified atom stereocenters. The molecule has 6 rings (SSSR count). The van der Waals surface area contributed by atoms with Gasteiger partial charge in [0, 0.05) is 33.6 Å². The van der Waals surface area contributed by atoms with Crippen molar-refractivity contribution in [3.63, 3.8) is 0 Å². The monoisotopic (exact) mass is 413 g/mol. The van der Waals surface area contributed by atoms with Crippen molar-refractivity contribution >= 4 is 27.6 Å². The lowest BCUT2D eigenvalue weighted by molar-refractivity contribution is 0.657. The van der Waals surface area contributed by atoms with Crippen LogP contribution < -0.4 is 5.32 Å². The minimum absolute atomic E-state index is 0.310. The van der Waals surface area contributed by atoms with Crippen LogP contribution >= 0.6 is 0 Å². The Kier molecular flexibility index (Phi) is 4.62. The number of hydrogen-bond acceptors (Lipinski definition) is 2. The molecule has 0 saturated carbocycles. The molecule has 0 saturated heterocycles. The standard InChI is InChI=1S/C30H23NO/c1-2-7-21(8-3-1)22-13-17-24(18-14-22)31-25-19-15-23(16-20-25)26-10-6-11-28-27-9-4-5-12-29(27)32-30(26)28/h1-15,17-20,23,31H,16H2. The van der Waals surface area contributed by atoms with Crippen LogP contribution in [-0.2, 0) is 0 Å². The number of anilines is 1. The molecule has 32 heavy (non-hydrogen) atoms. The Balaban J connectivity index is 1.21. The maximum atomic E-state index is 6.24. The van der Waals surface area contributed by atoms with E-state index in [1.807, 2.05) is 18.2 Å². The molecule has 1 aliphatic rings. The molecule has 0 spiro atoms. The van der Waals surface area contributed by atoms with E-state index in [4.69, 9.17) is 4.42 Å². The Morgan fingerprint density at radius 3 is 2.25 bits per heavy atom. The Hall–Kier alpha value is -4.04. The third-order valence-corrected chi connectivity index (χ3v) is 6.21. The normalized spacial score (nSPS) is 15.8. The molecule has 0 amide bonds. The van der Waals surface area contributed by atoms with E-state index in [0.29, 0.717) is 5.92 Å². The van der Waals surface area contributed by atoms with Crippen molar-refractivity contribution < 1.29 is 4.42 Å². The summed E-state index contributed by atoms with van der Waals surface area (Å²) in [5.74, 6) is 0.310. The van der Waals surface area contributed by atoms with Crippen LogP contribution in [0.25, 0.3) is 33.1 Å². The fraction of sp³-hybridized carbons (Fsp3) is 0.0667. The highest BCUT2D eigenvalue weighted by Gasteiger charge is 2.18. The summed E-state index contributed by atoms with van der Waals surface area (Å²) in [6.45, 7) is 0. The van der Waals surface area contributed by atoms with Gasteiger partial charge in [-0.1, -0.05) is 91.0 Å². The fourth-order valence-corrected chi connectivity index (χ4v) is 4.55. The Labute approximate surface area is 187 Å². The first-order chi connectivity index (χ1) is 15.8. The predicted molar refractivity (Wildman–Crippen MR) is 134 cm³/mol. The Morgan fingerprint density at radius 1 is 0.688 bits per heavy atom. The van der Waals surface area contributed by atoms with Crippen molar-refractivity contribution in [3.05, 3.63) is 127 Å². The van der Waals surface area contributed by atoms with E-state index in [1.54, 1.807) is 0 Å². The molecule has 1 aromatic heterocycles. The topological polar surface area (TPSA) is 25.2 Å². The second-order valence-corrected chi connectivity index (χ2v) is 8.25. The molecule has 4 aromatic carbocycles. The molecular formula is C30H23NO. The van der Waals surface area contributed by atoms with Crippen molar-refractivity contribution in [3.8, 4) is 11.1 Å². The first-order valence-corrected chi connectivity index (χ1v) is 11.1. The zero-order chi connectivity index (χ0) is 21.3. The van der Waals surface area contributed by atoms with Gasteiger partial charge in [-0.15, -0.1) is 0 Å². The summed E-state index contributed by atoms with van der Waals surface area (Å²) in [6, 6.07) is 33.8. The second kappa shape index (κ2) is 7.90. The number of furan rings is 1. The zero-order valence-corrected chi connectivity index (χ0v) is 17.7. The minimum Gasteiger partial charge on any atom is -0.456 e. The van der Waals surface area contributed by atoms with Crippen molar-refractivity contribution in [2.45, 2.75) is 12.3 Å². The Morgan fingerprint density at radius 2 is 1.44 bits per heavy atom. The molecule has 1 heterocycles. The molecule has 0 bridgehead atoms. The number of benzene rings is 4. The quantitative estimate of drug-likeness (QED) is 0.320. The average Bonchev–Trinajstić information content (AvgIpc) is 3.25. The van der Waals surface area contributed by atoms with Gasteiger partial charge in [0.05, 0.1) is 0 Å². The minimum atomic E-state index is 0.310. The van der Waals surface area contributed by atoms with E-state index in [-0.39, 0.29) is 0 Å². The van der Waals surface area contributed by atoms with E-state index in [2.05, 4.69) is 102 Å². The van der Waals surface area contributed by atoms with Crippen LogP contribution in [-0.4, -0.2) is 0 Å². The van der Waals surface area contributed by atoms with Gasteiger partial charge < -0.3 is 9.73 Å². The molecule has 1 N–H and O–H groups in total. The molecular weight excluding hydrogens is 390 g/mol. The maximum Gasteiger partial charge on any atom is 0.139 e. The van der Waals surface area contributed by atoms with Crippen LogP contribution in [0.1, 0.15) is 17.9 Å². The molecule has 0 radical (unpaired) electrons. The Bertz CT molecular complexity index is 1460. The van der Waals surface area contributed by atoms with Crippen LogP contribution in [0.3, 0.4) is 0 Å². The highest BCUT2D eigenvalue weighted by molar-refractivity contribution is 6.06. The largest absolute Gasteiger partial charge is 0.456 e. The average molecular weight is 414 g/mol. The smallest absolute Gasteiger partial charge is 0.139 e. The number of allylic oxidation sites excluding steroid dienone is 3. The number of fused-ring (bicyclic) bond motifs is 3. The third-order valence-electron chi connectivity index (χ3n) is 6.21. The van der Waals surface area contributed by atoms with Gasteiger partial charge in [0.2, 0.25) is 0 Å². The van der Waals surface area contributed by atoms with Gasteiger partial charge in [0.25, 0.3) is 0 Å². The molecule has 0 fully saturated rings. The van der Waals surface area contributed by atoms with Crippen LogP contribution in [0.15, 0.2) is 125 Å². The maximum absolute atomic E-state index is 6.24. The van der Waals surface area contributed by atoms with E-state index < -0.39 is 0 Å². The summed E-state index contributed by atoms with van der Waals surface area (Å²) in [4.78, 5) is 0. The van der Waals surface area contributed by atoms with Crippen molar-refractivity contribution in [1.29, 1.82) is 0 Å². The number of rotatable bonds is 4. The third kappa shape index (κ3) is 3.40. The van der Waals surface area contributed by atoms with Gasteiger partial charge in [-0.25, -0.2) is 0 Å². The molecule has 1 aliphatic carbocycles. The fourth-order valence-electron chi connectivity index (χ4n) is 4.55. The van der Waals surface area contributed by atoms with Crippen LogP contribution in [0.5, 0.6) is 0 Å². The number of para-hydroxylation sites is 2. The van der Waals surface area contributed by atoms with Gasteiger partial charge in [0.15, 0.2) is 0 Å². The molecule has 2 heteroatoms. The molecule has 5 aromatic rings.